The molecule has 0 saturated carbocycles. The molecule has 3 aliphatic carbocycles. The van der Waals surface area contributed by atoms with Gasteiger partial charge >= 0.3 is 0 Å². The predicted molar refractivity (Wildman–Crippen MR) is 214 cm³/mol. The molecule has 7 aliphatic rings. The molecule has 1 unspecified atom stereocenters. The Bertz CT molecular complexity index is 2410. The molecule has 56 heavy (non-hydrogen) atoms. The molecule has 12 heteroatoms. The Morgan fingerprint density at radius 1 is 0.643 bits per heavy atom. The number of ether oxygens (including phenoxy) is 4. The molecule has 2 fully saturated rings. The van der Waals surface area contributed by atoms with Crippen molar-refractivity contribution in [2.24, 2.45) is 0 Å². The topological polar surface area (TPSA) is 125 Å². The minimum atomic E-state index is -0.847. The van der Waals surface area contributed by atoms with Gasteiger partial charge in [-0.2, -0.15) is 10.5 Å². The van der Waals surface area contributed by atoms with Gasteiger partial charge in [0.1, 0.15) is 23.3 Å². The summed E-state index contributed by atoms with van der Waals surface area (Å²) in [4.78, 5) is 4.81. The normalized spacial score (nSPS) is 25.1. The molecule has 2 saturated heterocycles. The zero-order valence-corrected chi connectivity index (χ0v) is 34.7. The van der Waals surface area contributed by atoms with E-state index in [-0.39, 0.29) is 10.8 Å². The summed E-state index contributed by atoms with van der Waals surface area (Å²) in [5.41, 5.74) is 8.90. The SMILES string of the molecule is CC1(C)Oc2cc3c(c(CN4CCS(=O)CC4)c2O1)C1(CC(C)(C)c2cc4c(c(CN5CCS(=O)CC5)c21)Oc1c(C#N)c2c(c(C#N)c1O4)CC2)CC3(C)C. The van der Waals surface area contributed by atoms with Crippen LogP contribution in [0, 0.1) is 22.7 Å². The lowest BCUT2D eigenvalue weighted by atomic mass is 9.70. The van der Waals surface area contributed by atoms with Crippen LogP contribution in [0.15, 0.2) is 12.1 Å². The van der Waals surface area contributed by atoms with Gasteiger partial charge in [0.15, 0.2) is 34.5 Å². The zero-order valence-electron chi connectivity index (χ0n) is 33.1. The third kappa shape index (κ3) is 5.28. The van der Waals surface area contributed by atoms with Crippen LogP contribution in [0.25, 0.3) is 0 Å². The second-order valence-electron chi connectivity index (χ2n) is 18.6. The molecule has 10 nitrogen and oxygen atoms in total. The van der Waals surface area contributed by atoms with Crippen LogP contribution in [0.4, 0.5) is 0 Å². The minimum absolute atomic E-state index is 0.229. The maximum Gasteiger partial charge on any atom is 0.246 e. The van der Waals surface area contributed by atoms with Crippen molar-refractivity contribution >= 4 is 21.6 Å². The Balaban J connectivity index is 1.23. The molecule has 3 aromatic rings. The Hall–Kier alpha value is -3.94. The third-order valence-electron chi connectivity index (χ3n) is 13.5. The Labute approximate surface area is 334 Å². The van der Waals surface area contributed by atoms with Crippen molar-refractivity contribution in [1.29, 1.82) is 10.5 Å². The van der Waals surface area contributed by atoms with Gasteiger partial charge in [-0.1, -0.05) is 27.7 Å². The van der Waals surface area contributed by atoms with E-state index in [4.69, 9.17) is 18.9 Å². The standard InChI is InChI=1S/C44H48N4O6S2/c1-41(2)23-44(24-42(3,4)32-18-34-38(54-43(5,6)53-34)30(36(32)44)22-48-11-15-56(50)16-12-48)35-29(21-47-9-13-55(49)14-10-47)37-33(17-31(35)41)51-39-27(19-45)25-7-8-26(25)28(20-46)40(39)52-37/h17-18H,7-16,21-24H2,1-6H3. The second kappa shape index (κ2) is 12.3. The highest BCUT2D eigenvalue weighted by molar-refractivity contribution is 7.85. The van der Waals surface area contributed by atoms with Gasteiger partial charge in [-0.25, -0.2) is 0 Å². The number of rotatable bonds is 4. The summed E-state index contributed by atoms with van der Waals surface area (Å²) in [7, 11) is -1.65. The van der Waals surface area contributed by atoms with E-state index < -0.39 is 32.8 Å². The van der Waals surface area contributed by atoms with Gasteiger partial charge in [0, 0.05) is 114 Å². The third-order valence-corrected chi connectivity index (χ3v) is 16.0. The van der Waals surface area contributed by atoms with Crippen LogP contribution in [0.5, 0.6) is 34.5 Å². The summed E-state index contributed by atoms with van der Waals surface area (Å²) in [5, 5.41) is 20.9. The van der Waals surface area contributed by atoms with E-state index in [1.807, 2.05) is 13.8 Å². The van der Waals surface area contributed by atoms with Gasteiger partial charge in [0.2, 0.25) is 5.79 Å². The van der Waals surface area contributed by atoms with Crippen LogP contribution in [0.1, 0.15) is 110 Å². The summed E-state index contributed by atoms with van der Waals surface area (Å²) in [6, 6.07) is 9.19. The van der Waals surface area contributed by atoms with E-state index in [1.54, 1.807) is 0 Å². The number of nitriles is 2. The molecular weight excluding hydrogens is 745 g/mol. The molecule has 292 valence electrons. The molecule has 10 rings (SSSR count). The highest BCUT2D eigenvalue weighted by atomic mass is 32.2. The van der Waals surface area contributed by atoms with Crippen molar-refractivity contribution in [2.45, 2.75) is 102 Å². The van der Waals surface area contributed by atoms with Crippen molar-refractivity contribution in [1.82, 2.24) is 9.80 Å². The molecular formula is C44H48N4O6S2. The van der Waals surface area contributed by atoms with E-state index in [1.165, 1.54) is 22.3 Å². The van der Waals surface area contributed by atoms with Crippen molar-refractivity contribution in [2.75, 3.05) is 49.2 Å². The fraction of sp³-hybridized carbons (Fsp3) is 0.545. The summed E-state index contributed by atoms with van der Waals surface area (Å²) in [6.45, 7) is 17.4. The summed E-state index contributed by atoms with van der Waals surface area (Å²) in [5.74, 6) is 5.16. The van der Waals surface area contributed by atoms with Gasteiger partial charge in [-0.3, -0.25) is 18.2 Å². The molecule has 4 aliphatic heterocycles. The lowest BCUT2D eigenvalue weighted by molar-refractivity contribution is -0.0437. The summed E-state index contributed by atoms with van der Waals surface area (Å²) in [6.07, 6.45) is 3.17. The lowest BCUT2D eigenvalue weighted by Gasteiger charge is -2.37. The average Bonchev–Trinajstić information content (AvgIpc) is 3.66. The number of fused-ring (bicyclic) bond motifs is 8. The summed E-state index contributed by atoms with van der Waals surface area (Å²) >= 11 is 0. The Morgan fingerprint density at radius 2 is 1.11 bits per heavy atom. The van der Waals surface area contributed by atoms with Crippen LogP contribution < -0.4 is 18.9 Å². The van der Waals surface area contributed by atoms with Crippen molar-refractivity contribution in [3.05, 3.63) is 67.8 Å². The molecule has 0 bridgehead atoms. The van der Waals surface area contributed by atoms with E-state index in [9.17, 15) is 18.9 Å². The van der Waals surface area contributed by atoms with Crippen LogP contribution in [0.2, 0.25) is 0 Å². The van der Waals surface area contributed by atoms with Gasteiger partial charge in [0.25, 0.3) is 0 Å². The first-order valence-corrected chi connectivity index (χ1v) is 22.9. The highest BCUT2D eigenvalue weighted by Crippen LogP contribution is 2.69. The van der Waals surface area contributed by atoms with Crippen LogP contribution in [-0.4, -0.2) is 73.2 Å². The zero-order chi connectivity index (χ0) is 39.1. The van der Waals surface area contributed by atoms with Gasteiger partial charge < -0.3 is 18.9 Å². The van der Waals surface area contributed by atoms with E-state index in [0.717, 1.165) is 72.5 Å². The Kier molecular flexibility index (Phi) is 7.99. The molecule has 0 aromatic heterocycles. The van der Waals surface area contributed by atoms with E-state index in [2.05, 4.69) is 61.8 Å². The van der Waals surface area contributed by atoms with Crippen molar-refractivity contribution in [3.63, 3.8) is 0 Å². The molecule has 0 radical (unpaired) electrons. The maximum absolute atomic E-state index is 12.6. The second-order valence-corrected chi connectivity index (χ2v) is 22.0. The number of nitrogens with zero attached hydrogens (tertiary/aromatic N) is 4. The first kappa shape index (κ1) is 36.4. The quantitative estimate of drug-likeness (QED) is 0.220. The van der Waals surface area contributed by atoms with Gasteiger partial charge in [0.05, 0.1) is 0 Å². The molecule has 1 atom stereocenters. The van der Waals surface area contributed by atoms with Crippen LogP contribution >= 0.6 is 0 Å². The van der Waals surface area contributed by atoms with E-state index >= 15 is 0 Å². The first-order chi connectivity index (χ1) is 26.6. The van der Waals surface area contributed by atoms with Crippen LogP contribution in [0.3, 0.4) is 0 Å². The molecule has 4 heterocycles. The molecule has 1 spiro atoms. The number of benzene rings is 3. The monoisotopic (exact) mass is 792 g/mol. The minimum Gasteiger partial charge on any atom is -0.449 e. The molecule has 3 aromatic carbocycles. The van der Waals surface area contributed by atoms with Gasteiger partial charge in [-0.05, 0) is 82.0 Å². The molecule has 0 N–H and O–H groups in total. The molecule has 0 amide bonds. The van der Waals surface area contributed by atoms with Crippen molar-refractivity contribution in [3.8, 4) is 46.6 Å². The van der Waals surface area contributed by atoms with E-state index in [0.29, 0.717) is 83.3 Å². The smallest absolute Gasteiger partial charge is 0.246 e. The first-order valence-electron chi connectivity index (χ1n) is 19.9. The fourth-order valence-corrected chi connectivity index (χ4v) is 13.4. The van der Waals surface area contributed by atoms with Crippen molar-refractivity contribution < 1.29 is 27.4 Å². The Morgan fingerprint density at radius 3 is 1.59 bits per heavy atom. The van der Waals surface area contributed by atoms with Crippen LogP contribution in [-0.2, 0) is 63.8 Å². The summed E-state index contributed by atoms with van der Waals surface area (Å²) < 4.78 is 52.2. The number of hydrogen-bond acceptors (Lipinski definition) is 10. The maximum atomic E-state index is 12.6. The number of hydrogen-bond donors (Lipinski definition) is 0. The lowest BCUT2D eigenvalue weighted by Crippen LogP contribution is -2.39. The largest absolute Gasteiger partial charge is 0.449 e. The highest BCUT2D eigenvalue weighted by Gasteiger charge is 2.60. The fourth-order valence-electron chi connectivity index (χ4n) is 11.2. The van der Waals surface area contributed by atoms with Gasteiger partial charge in [-0.15, -0.1) is 0 Å². The predicted octanol–water partition coefficient (Wildman–Crippen LogP) is 6.71. The average molecular weight is 793 g/mol.